The van der Waals surface area contributed by atoms with Crippen LogP contribution < -0.4 is 5.32 Å². The number of hydrogen-bond acceptors (Lipinski definition) is 3. The second kappa shape index (κ2) is 8.47. The molecule has 1 amide bonds. The molecule has 4 heteroatoms. The number of thioether (sulfide) groups is 1. The summed E-state index contributed by atoms with van der Waals surface area (Å²) in [7, 11) is 0. The first-order valence-corrected chi connectivity index (χ1v) is 9.62. The van der Waals surface area contributed by atoms with Crippen molar-refractivity contribution in [3.63, 3.8) is 0 Å². The van der Waals surface area contributed by atoms with Gasteiger partial charge in [0.2, 0.25) is 5.91 Å². The average Bonchev–Trinajstić information content (AvgIpc) is 2.53. The molecule has 1 aliphatic rings. The number of amides is 1. The zero-order chi connectivity index (χ0) is 15.9. The van der Waals surface area contributed by atoms with Gasteiger partial charge >= 0.3 is 0 Å². The van der Waals surface area contributed by atoms with Gasteiger partial charge in [0.15, 0.2) is 0 Å². The van der Waals surface area contributed by atoms with Crippen molar-refractivity contribution in [1.82, 2.24) is 4.90 Å². The minimum absolute atomic E-state index is 0.302. The van der Waals surface area contributed by atoms with Gasteiger partial charge in [-0.25, -0.2) is 0 Å². The Balaban J connectivity index is 1.88. The fourth-order valence-electron chi connectivity index (χ4n) is 2.87. The number of carbonyl (C=O) groups is 1. The summed E-state index contributed by atoms with van der Waals surface area (Å²) < 4.78 is 0. The molecule has 1 heterocycles. The van der Waals surface area contributed by atoms with Gasteiger partial charge in [-0.2, -0.15) is 11.8 Å². The minimum Gasteiger partial charge on any atom is -0.381 e. The van der Waals surface area contributed by atoms with Crippen LogP contribution in [0.4, 0.5) is 5.69 Å². The molecule has 2 rings (SSSR count). The van der Waals surface area contributed by atoms with Gasteiger partial charge in [-0.3, -0.25) is 4.79 Å². The van der Waals surface area contributed by atoms with Crippen molar-refractivity contribution >= 4 is 23.4 Å². The molecule has 22 heavy (non-hydrogen) atoms. The molecule has 1 saturated heterocycles. The molecule has 1 atom stereocenters. The molecule has 0 aliphatic carbocycles. The van der Waals surface area contributed by atoms with Crippen LogP contribution in [0.1, 0.15) is 44.6 Å². The van der Waals surface area contributed by atoms with Crippen molar-refractivity contribution in [2.24, 2.45) is 0 Å². The molecule has 0 unspecified atom stereocenters. The third-order valence-corrected chi connectivity index (χ3v) is 4.85. The maximum Gasteiger partial charge on any atom is 0.223 e. The van der Waals surface area contributed by atoms with Crippen LogP contribution >= 0.6 is 11.8 Å². The van der Waals surface area contributed by atoms with Crippen molar-refractivity contribution in [3.05, 3.63) is 29.8 Å². The molecule has 0 bridgehead atoms. The first-order chi connectivity index (χ1) is 10.6. The summed E-state index contributed by atoms with van der Waals surface area (Å²) in [5.74, 6) is 1.79. The summed E-state index contributed by atoms with van der Waals surface area (Å²) in [6.07, 6.45) is 4.94. The number of piperidine rings is 1. The lowest BCUT2D eigenvalue weighted by Gasteiger charge is -2.34. The van der Waals surface area contributed by atoms with Crippen molar-refractivity contribution in [2.45, 2.75) is 45.1 Å². The Morgan fingerprint density at radius 2 is 2.09 bits per heavy atom. The van der Waals surface area contributed by atoms with Gasteiger partial charge < -0.3 is 10.2 Å². The third kappa shape index (κ3) is 4.94. The van der Waals surface area contributed by atoms with Crippen molar-refractivity contribution in [1.29, 1.82) is 0 Å². The monoisotopic (exact) mass is 320 g/mol. The van der Waals surface area contributed by atoms with Crippen LogP contribution in [0.25, 0.3) is 0 Å². The second-order valence-corrected chi connectivity index (χ2v) is 7.33. The van der Waals surface area contributed by atoms with Gasteiger partial charge in [0.25, 0.3) is 0 Å². The largest absolute Gasteiger partial charge is 0.381 e. The van der Waals surface area contributed by atoms with Gasteiger partial charge in [0.1, 0.15) is 0 Å². The van der Waals surface area contributed by atoms with E-state index in [4.69, 9.17) is 0 Å². The van der Waals surface area contributed by atoms with Gasteiger partial charge in [-0.1, -0.05) is 26.0 Å². The zero-order valence-electron chi connectivity index (χ0n) is 14.0. The van der Waals surface area contributed by atoms with E-state index in [0.29, 0.717) is 24.3 Å². The Morgan fingerprint density at radius 3 is 2.73 bits per heavy atom. The molecule has 122 valence electrons. The van der Waals surface area contributed by atoms with Crippen LogP contribution in [-0.2, 0) is 4.79 Å². The van der Waals surface area contributed by atoms with E-state index in [1.54, 1.807) is 11.8 Å². The highest BCUT2D eigenvalue weighted by molar-refractivity contribution is 7.98. The van der Waals surface area contributed by atoms with E-state index in [0.717, 1.165) is 37.4 Å². The lowest BCUT2D eigenvalue weighted by molar-refractivity contribution is -0.131. The Kier molecular flexibility index (Phi) is 6.62. The van der Waals surface area contributed by atoms with E-state index in [1.165, 1.54) is 5.56 Å². The number of rotatable bonds is 6. The maximum absolute atomic E-state index is 12.2. The summed E-state index contributed by atoms with van der Waals surface area (Å²) >= 11 is 1.74. The molecule has 3 nitrogen and oxygen atoms in total. The lowest BCUT2D eigenvalue weighted by Crippen LogP contribution is -2.45. The van der Waals surface area contributed by atoms with E-state index in [2.05, 4.69) is 49.7 Å². The van der Waals surface area contributed by atoms with Crippen molar-refractivity contribution in [3.8, 4) is 0 Å². The Labute approximate surface area is 138 Å². The average molecular weight is 321 g/mol. The number of nitrogens with one attached hydrogen (secondary N) is 1. The molecular formula is C18H28N2OS. The third-order valence-electron chi connectivity index (χ3n) is 4.24. The van der Waals surface area contributed by atoms with E-state index >= 15 is 0 Å². The summed E-state index contributed by atoms with van der Waals surface area (Å²) in [6, 6.07) is 9.07. The topological polar surface area (TPSA) is 32.3 Å². The number of anilines is 1. The Morgan fingerprint density at radius 1 is 1.36 bits per heavy atom. The minimum atomic E-state index is 0.302. The predicted octanol–water partition coefficient (Wildman–Crippen LogP) is 3.97. The van der Waals surface area contributed by atoms with Crippen LogP contribution in [0.3, 0.4) is 0 Å². The number of carbonyl (C=O) groups excluding carboxylic acids is 1. The van der Waals surface area contributed by atoms with Crippen molar-refractivity contribution < 1.29 is 4.79 Å². The fourth-order valence-corrected chi connectivity index (χ4v) is 3.25. The molecule has 1 aromatic rings. The van der Waals surface area contributed by atoms with Crippen LogP contribution in [-0.4, -0.2) is 41.9 Å². The fraction of sp³-hybridized carbons (Fsp3) is 0.611. The number of nitrogens with zero attached hydrogens (tertiary/aromatic N) is 1. The highest BCUT2D eigenvalue weighted by Crippen LogP contribution is 2.20. The highest BCUT2D eigenvalue weighted by Gasteiger charge is 2.23. The summed E-state index contributed by atoms with van der Waals surface area (Å²) in [6.45, 7) is 6.17. The molecule has 1 aliphatic heterocycles. The molecular weight excluding hydrogens is 292 g/mol. The maximum atomic E-state index is 12.2. The quantitative estimate of drug-likeness (QED) is 0.861. The molecule has 1 N–H and O–H groups in total. The smallest absolute Gasteiger partial charge is 0.223 e. The van der Waals surface area contributed by atoms with E-state index in [-0.39, 0.29) is 0 Å². The first kappa shape index (κ1) is 17.2. The summed E-state index contributed by atoms with van der Waals surface area (Å²) in [4.78, 5) is 14.2. The van der Waals surface area contributed by atoms with Gasteiger partial charge in [-0.15, -0.1) is 0 Å². The SMILES string of the molecule is CSCCC(=O)N1CCC[C@@H](Nc2ccc(C(C)C)cc2)C1. The number of likely N-dealkylation sites (tertiary alicyclic amines) is 1. The van der Waals surface area contributed by atoms with Crippen LogP contribution in [0, 0.1) is 0 Å². The molecule has 0 radical (unpaired) electrons. The van der Waals surface area contributed by atoms with Crippen LogP contribution in [0.15, 0.2) is 24.3 Å². The molecule has 1 fully saturated rings. The van der Waals surface area contributed by atoms with Gasteiger partial charge in [-0.05, 0) is 42.7 Å². The molecule has 0 spiro atoms. The molecule has 1 aromatic carbocycles. The predicted molar refractivity (Wildman–Crippen MR) is 96.8 cm³/mol. The van der Waals surface area contributed by atoms with E-state index < -0.39 is 0 Å². The molecule has 0 aromatic heterocycles. The Bertz CT molecular complexity index is 472. The van der Waals surface area contributed by atoms with Crippen LogP contribution in [0.2, 0.25) is 0 Å². The second-order valence-electron chi connectivity index (χ2n) is 6.34. The van der Waals surface area contributed by atoms with Gasteiger partial charge in [0.05, 0.1) is 0 Å². The normalized spacial score (nSPS) is 18.5. The number of benzene rings is 1. The zero-order valence-corrected chi connectivity index (χ0v) is 14.8. The van der Waals surface area contributed by atoms with E-state index in [9.17, 15) is 4.79 Å². The number of hydrogen-bond donors (Lipinski definition) is 1. The lowest BCUT2D eigenvalue weighted by atomic mass is 10.0. The van der Waals surface area contributed by atoms with E-state index in [1.807, 2.05) is 4.90 Å². The standard InChI is InChI=1S/C18H28N2OS/c1-14(2)15-6-8-16(9-7-15)19-17-5-4-11-20(13-17)18(21)10-12-22-3/h6-9,14,17,19H,4-5,10-13H2,1-3H3/t17-/m1/s1. The first-order valence-electron chi connectivity index (χ1n) is 8.23. The van der Waals surface area contributed by atoms with Gasteiger partial charge in [0, 0.05) is 37.0 Å². The molecule has 0 saturated carbocycles. The van der Waals surface area contributed by atoms with Crippen LogP contribution in [0.5, 0.6) is 0 Å². The Hall–Kier alpha value is -1.16. The summed E-state index contributed by atoms with van der Waals surface area (Å²) in [5, 5.41) is 3.59. The van der Waals surface area contributed by atoms with Crippen molar-refractivity contribution in [2.75, 3.05) is 30.4 Å². The summed E-state index contributed by atoms with van der Waals surface area (Å²) in [5.41, 5.74) is 2.52. The highest BCUT2D eigenvalue weighted by atomic mass is 32.2.